The Morgan fingerprint density at radius 3 is 3.16 bits per heavy atom. The number of hydrogen-bond acceptors (Lipinski definition) is 5. The largest absolute Gasteiger partial charge is 0.466 e. The number of rotatable bonds is 4. The van der Waals surface area contributed by atoms with E-state index >= 15 is 0 Å². The first-order valence-electron chi connectivity index (χ1n) is 8.98. The zero-order valence-electron chi connectivity index (χ0n) is 14.3. The molecule has 0 fully saturated rings. The van der Waals surface area contributed by atoms with Crippen LogP contribution in [0.25, 0.3) is 11.1 Å². The maximum atomic E-state index is 12.3. The number of nitrogens with zero attached hydrogens (tertiary/aromatic N) is 1. The second-order valence-corrected chi connectivity index (χ2v) is 6.66. The highest BCUT2D eigenvalue weighted by atomic mass is 16.5. The number of carbonyl (C=O) groups is 1. The molecular weight excluding hydrogens is 318 g/mol. The van der Waals surface area contributed by atoms with Crippen molar-refractivity contribution in [2.45, 2.75) is 51.4 Å². The van der Waals surface area contributed by atoms with Crippen molar-refractivity contribution in [2.75, 3.05) is 6.61 Å². The molecule has 0 amide bonds. The maximum absolute atomic E-state index is 12.3. The number of carbonyl (C=O) groups excluding carboxylic acids is 1. The Morgan fingerprint density at radius 2 is 2.32 bits per heavy atom. The van der Waals surface area contributed by atoms with Gasteiger partial charge in [-0.3, -0.25) is 4.79 Å². The van der Waals surface area contributed by atoms with E-state index in [0.29, 0.717) is 23.8 Å². The predicted octanol–water partition coefficient (Wildman–Crippen LogP) is 3.22. The molecule has 5 heteroatoms. The minimum absolute atomic E-state index is 0.139. The van der Waals surface area contributed by atoms with Crippen molar-refractivity contribution in [3.8, 4) is 0 Å². The van der Waals surface area contributed by atoms with Crippen LogP contribution < -0.4 is 5.63 Å². The molecule has 0 spiro atoms. The molecule has 0 saturated heterocycles. The fourth-order valence-corrected chi connectivity index (χ4v) is 4.00. The zero-order chi connectivity index (χ0) is 17.4. The highest BCUT2D eigenvalue weighted by Crippen LogP contribution is 2.40. The van der Waals surface area contributed by atoms with Crippen LogP contribution in [0, 0.1) is 0 Å². The minimum atomic E-state index is -0.456. The van der Waals surface area contributed by atoms with Gasteiger partial charge in [-0.1, -0.05) is 12.2 Å². The van der Waals surface area contributed by atoms with Crippen LogP contribution in [-0.4, -0.2) is 17.6 Å². The van der Waals surface area contributed by atoms with Crippen LogP contribution in [0.3, 0.4) is 0 Å². The van der Waals surface area contributed by atoms with E-state index in [1.165, 1.54) is 16.7 Å². The Hall–Kier alpha value is -2.43. The second kappa shape index (κ2) is 6.47. The summed E-state index contributed by atoms with van der Waals surface area (Å²) in [4.78, 5) is 28.4. The van der Waals surface area contributed by atoms with Gasteiger partial charge in [-0.25, -0.2) is 9.78 Å². The normalized spacial score (nSPS) is 18.2. The van der Waals surface area contributed by atoms with Gasteiger partial charge in [0.05, 0.1) is 13.0 Å². The van der Waals surface area contributed by atoms with Gasteiger partial charge in [0.2, 0.25) is 0 Å². The van der Waals surface area contributed by atoms with E-state index in [2.05, 4.69) is 17.1 Å². The summed E-state index contributed by atoms with van der Waals surface area (Å²) in [5, 5.41) is 0. The molecule has 4 rings (SSSR count). The van der Waals surface area contributed by atoms with Crippen LogP contribution in [0.4, 0.5) is 0 Å². The smallest absolute Gasteiger partial charge is 0.358 e. The van der Waals surface area contributed by atoms with Crippen LogP contribution in [0.15, 0.2) is 27.4 Å². The average molecular weight is 339 g/mol. The lowest BCUT2D eigenvalue weighted by atomic mass is 9.76. The van der Waals surface area contributed by atoms with Gasteiger partial charge in [-0.2, -0.15) is 0 Å². The van der Waals surface area contributed by atoms with Crippen molar-refractivity contribution >= 4 is 17.1 Å². The van der Waals surface area contributed by atoms with Crippen molar-refractivity contribution in [1.82, 2.24) is 4.98 Å². The molecule has 1 atom stereocenters. The monoisotopic (exact) mass is 339 g/mol. The van der Waals surface area contributed by atoms with Crippen LogP contribution in [0.2, 0.25) is 0 Å². The molecule has 0 saturated carbocycles. The van der Waals surface area contributed by atoms with Gasteiger partial charge < -0.3 is 9.15 Å². The predicted molar refractivity (Wildman–Crippen MR) is 93.8 cm³/mol. The number of benzene rings is 1. The van der Waals surface area contributed by atoms with Crippen molar-refractivity contribution in [3.05, 3.63) is 51.0 Å². The highest BCUT2D eigenvalue weighted by molar-refractivity contribution is 5.80. The van der Waals surface area contributed by atoms with E-state index < -0.39 is 5.63 Å². The molecule has 1 aromatic carbocycles. The third-order valence-corrected chi connectivity index (χ3v) is 5.07. The number of ether oxygens (including phenoxy) is 1. The minimum Gasteiger partial charge on any atom is -0.466 e. The fraction of sp³-hybridized carbons (Fsp3) is 0.450. The van der Waals surface area contributed by atoms with E-state index in [-0.39, 0.29) is 18.8 Å². The van der Waals surface area contributed by atoms with Gasteiger partial charge in [0.15, 0.2) is 5.58 Å². The van der Waals surface area contributed by atoms with Gasteiger partial charge in [-0.15, -0.1) is 0 Å². The molecule has 2 aliphatic rings. The summed E-state index contributed by atoms with van der Waals surface area (Å²) >= 11 is 0. The Kier molecular flexibility index (Phi) is 4.15. The fourth-order valence-electron chi connectivity index (χ4n) is 4.00. The van der Waals surface area contributed by atoms with E-state index in [4.69, 9.17) is 9.15 Å². The van der Waals surface area contributed by atoms with Gasteiger partial charge >= 0.3 is 11.6 Å². The first-order chi connectivity index (χ1) is 12.2. The van der Waals surface area contributed by atoms with Gasteiger partial charge in [0, 0.05) is 12.3 Å². The van der Waals surface area contributed by atoms with Crippen LogP contribution in [0.1, 0.15) is 54.5 Å². The number of esters is 1. The van der Waals surface area contributed by atoms with Crippen LogP contribution in [0.5, 0.6) is 0 Å². The Morgan fingerprint density at radius 1 is 1.44 bits per heavy atom. The summed E-state index contributed by atoms with van der Waals surface area (Å²) in [6.07, 6.45) is 9.01. The van der Waals surface area contributed by atoms with Crippen molar-refractivity contribution in [2.24, 2.45) is 0 Å². The standard InChI is InChI=1S/C20H21NO4/c1-2-24-17(22)10-9-15-20(23)25-16-11-13-7-3-5-12-6-4-8-14(18(12)13)19(16)21-15/h4,6,11-12H,2-3,5,7-10H2,1H3/t12-/m1/s1. The van der Waals surface area contributed by atoms with Gasteiger partial charge in [-0.05, 0) is 55.4 Å². The lowest BCUT2D eigenvalue weighted by molar-refractivity contribution is -0.143. The Balaban J connectivity index is 1.77. The molecule has 0 bridgehead atoms. The van der Waals surface area contributed by atoms with Crippen molar-refractivity contribution in [1.29, 1.82) is 0 Å². The van der Waals surface area contributed by atoms with E-state index in [9.17, 15) is 9.59 Å². The second-order valence-electron chi connectivity index (χ2n) is 6.66. The molecule has 0 aliphatic heterocycles. The average Bonchev–Trinajstić information content (AvgIpc) is 2.61. The zero-order valence-corrected chi connectivity index (χ0v) is 14.3. The summed E-state index contributed by atoms with van der Waals surface area (Å²) in [7, 11) is 0. The summed E-state index contributed by atoms with van der Waals surface area (Å²) in [5.41, 5.74) is 5.02. The van der Waals surface area contributed by atoms with Crippen LogP contribution in [-0.2, 0) is 28.8 Å². The summed E-state index contributed by atoms with van der Waals surface area (Å²) in [6, 6.07) is 1.99. The van der Waals surface area contributed by atoms with Gasteiger partial charge in [0.1, 0.15) is 11.2 Å². The Bertz CT molecular complexity index is 925. The lowest BCUT2D eigenvalue weighted by Crippen LogP contribution is -2.18. The van der Waals surface area contributed by atoms with Crippen molar-refractivity contribution < 1.29 is 13.9 Å². The summed E-state index contributed by atoms with van der Waals surface area (Å²) in [6.45, 7) is 2.10. The molecule has 5 nitrogen and oxygen atoms in total. The van der Waals surface area contributed by atoms with Crippen molar-refractivity contribution in [3.63, 3.8) is 0 Å². The Labute approximate surface area is 145 Å². The molecule has 130 valence electrons. The molecule has 0 radical (unpaired) electrons. The molecule has 2 aromatic rings. The molecule has 0 unspecified atom stereocenters. The van der Waals surface area contributed by atoms with E-state index in [0.717, 1.165) is 31.2 Å². The van der Waals surface area contributed by atoms with E-state index in [1.807, 2.05) is 6.07 Å². The maximum Gasteiger partial charge on any atom is 0.358 e. The van der Waals surface area contributed by atoms with Gasteiger partial charge in [0.25, 0.3) is 0 Å². The quantitative estimate of drug-likeness (QED) is 0.632. The molecule has 2 aliphatic carbocycles. The topological polar surface area (TPSA) is 69.4 Å². The first kappa shape index (κ1) is 16.1. The SMILES string of the molecule is CCOC(=O)CCc1nc2c3c4c(cc2oc1=O)CCC[C@@H]4C=CC3. The number of allylic oxidation sites excluding steroid dienone is 2. The number of hydrogen-bond donors (Lipinski definition) is 0. The molecule has 25 heavy (non-hydrogen) atoms. The lowest BCUT2D eigenvalue weighted by Gasteiger charge is -2.29. The molecule has 1 heterocycles. The molecular formula is C20H21NO4. The molecule has 1 aromatic heterocycles. The number of fused-ring (bicyclic) bond motifs is 2. The van der Waals surface area contributed by atoms with E-state index in [1.54, 1.807) is 6.92 Å². The van der Waals surface area contributed by atoms with Crippen LogP contribution >= 0.6 is 0 Å². The third-order valence-electron chi connectivity index (χ3n) is 5.07. The number of aryl methyl sites for hydroxylation is 2. The summed E-state index contributed by atoms with van der Waals surface area (Å²) in [5.74, 6) is 0.132. The highest BCUT2D eigenvalue weighted by Gasteiger charge is 2.27. The third kappa shape index (κ3) is 2.88. The number of aromatic nitrogens is 1. The summed E-state index contributed by atoms with van der Waals surface area (Å²) < 4.78 is 10.5. The first-order valence-corrected chi connectivity index (χ1v) is 8.98. The molecule has 0 N–H and O–H groups in total.